The molecule has 0 bridgehead atoms. The van der Waals surface area contributed by atoms with Crippen LogP contribution in [-0.4, -0.2) is 79.5 Å². The lowest BCUT2D eigenvalue weighted by atomic mass is 9.88. The maximum absolute atomic E-state index is 6.25. The van der Waals surface area contributed by atoms with Crippen molar-refractivity contribution in [3.8, 4) is 11.1 Å². The standard InChI is InChI=1S/C22H20N4.3C17H18N4.C8H7N.C5H5N.C3H4N2.8C2H6/c23-21-20-19(16-7-2-1-3-8-16)13-26(22(20)25-14-24-21)18-11-10-15-6-4-5-9-17(15)12-18;3*1-11-9-21(17-15(11)16(18)19-10-20-17)14-7-6-12-4-2-3-5-13(12)8-14;1-2-4-8-7(3-1)5-6-9-8;1-2-4-6-5-3-1;1-2-4-5-3-1;8*1-2/h1-9,13-14,18H,10-12H2,(H2,23,24,25);3*2-5,9-10,14H,6-8H2,1H3,(H2,18,19,20);1-4,6H,5H2;1-5H;1-3H,(H,4,5);8*1-2H3. The van der Waals surface area contributed by atoms with Gasteiger partial charge in [-0.25, -0.2) is 39.9 Å². The van der Waals surface area contributed by atoms with Gasteiger partial charge in [-0.15, -0.1) is 0 Å². The van der Waals surface area contributed by atoms with Crippen LogP contribution in [0, 0.1) is 20.8 Å². The second-order valence-electron chi connectivity index (χ2n) is 28.4. The number of hydrogen-bond donors (Lipinski definition) is 5. The van der Waals surface area contributed by atoms with Gasteiger partial charge in [-0.05, 0) is 194 Å². The number of fused-ring (bicyclic) bond motifs is 9. The molecule has 0 saturated carbocycles. The second-order valence-corrected chi connectivity index (χ2v) is 28.4. The van der Waals surface area contributed by atoms with E-state index in [0.29, 0.717) is 47.4 Å². The number of aromatic nitrogens is 15. The predicted molar refractivity (Wildman–Crippen MR) is 529 cm³/mol. The molecule has 20 nitrogen and oxygen atoms in total. The average molecular weight is 1680 g/mol. The van der Waals surface area contributed by atoms with E-state index in [1.165, 1.54) is 50.1 Å². The zero-order valence-corrected chi connectivity index (χ0v) is 77.8. The number of aryl methyl sites for hydroxylation is 7. The molecule has 4 atom stereocenters. The predicted octanol–water partition coefficient (Wildman–Crippen LogP) is 25.2. The third-order valence-corrected chi connectivity index (χ3v) is 21.6. The van der Waals surface area contributed by atoms with Gasteiger partial charge in [0.25, 0.3) is 0 Å². The van der Waals surface area contributed by atoms with Gasteiger partial charge in [-0.1, -0.05) is 262 Å². The van der Waals surface area contributed by atoms with Gasteiger partial charge in [0, 0.05) is 91.9 Å². The fourth-order valence-corrected chi connectivity index (χ4v) is 16.2. The van der Waals surface area contributed by atoms with E-state index < -0.39 is 0 Å². The number of aromatic amines is 1. The zero-order chi connectivity index (χ0) is 90.6. The minimum absolute atomic E-state index is 0.388. The van der Waals surface area contributed by atoms with Crippen LogP contribution in [0.1, 0.15) is 227 Å². The number of nitrogen functional groups attached to an aromatic ring is 4. The molecular weight excluding hydrogens is 1540 g/mol. The fraction of sp³-hybridized carbons (Fsp3) is 0.343. The van der Waals surface area contributed by atoms with E-state index in [2.05, 4.69) is 251 Å². The topological polar surface area (TPSA) is 281 Å². The molecule has 0 radical (unpaired) electrons. The van der Waals surface area contributed by atoms with E-state index in [0.717, 1.165) is 161 Å². The summed E-state index contributed by atoms with van der Waals surface area (Å²) < 4.78 is 9.18. The van der Waals surface area contributed by atoms with E-state index in [4.69, 9.17) is 22.9 Å². The monoisotopic (exact) mass is 1680 g/mol. The molecule has 20 heteroatoms. The van der Waals surface area contributed by atoms with Crippen molar-refractivity contribution >= 4 is 79.3 Å². The number of pyridine rings is 1. The largest absolute Gasteiger partial charge is 0.383 e. The molecule has 658 valence electrons. The van der Waals surface area contributed by atoms with Crippen molar-refractivity contribution in [3.63, 3.8) is 0 Å². The van der Waals surface area contributed by atoms with Gasteiger partial charge in [0.05, 0.1) is 27.2 Å². The van der Waals surface area contributed by atoms with Crippen LogP contribution in [0.25, 0.3) is 55.3 Å². The molecule has 0 spiro atoms. The Morgan fingerprint density at radius 1 is 0.304 bits per heavy atom. The van der Waals surface area contributed by atoms with Gasteiger partial charge in [0.15, 0.2) is 0 Å². The van der Waals surface area contributed by atoms with E-state index in [9.17, 15) is 0 Å². The molecule has 0 fully saturated rings. The van der Waals surface area contributed by atoms with Crippen molar-refractivity contribution in [1.29, 1.82) is 0 Å². The van der Waals surface area contributed by atoms with Crippen LogP contribution in [0.2, 0.25) is 0 Å². The lowest BCUT2D eigenvalue weighted by Crippen LogP contribution is -2.18. The average Bonchev–Trinajstić information content (AvgIpc) is 1.66. The third-order valence-electron chi connectivity index (χ3n) is 21.6. The zero-order valence-electron chi connectivity index (χ0n) is 77.8. The van der Waals surface area contributed by atoms with E-state index in [1.54, 1.807) is 50.1 Å². The highest BCUT2D eigenvalue weighted by Crippen LogP contribution is 2.40. The van der Waals surface area contributed by atoms with E-state index in [-0.39, 0.29) is 0 Å². The Morgan fingerprint density at radius 3 is 0.896 bits per heavy atom. The summed E-state index contributed by atoms with van der Waals surface area (Å²) >= 11 is 0. The van der Waals surface area contributed by atoms with Gasteiger partial charge in [-0.3, -0.25) is 15.1 Å². The SMILES string of the molecule is C1=Nc2ccccc2C1.CC.CC.CC.CC.CC.CC.CC.CC.Cc1cn(C2CCc3ccccc3C2)c2ncnc(N)c12.Cc1cn(C2CCc3ccccc3C2)c2ncnc(N)c12.Cc1cn(C2CCc3ccccc3C2)c2ncnc(N)c12.Nc1ncnc2c1c(-c1ccccc1)cn2C1CCc2ccccc2C1.c1ccncc1.c1cn[nH]c1. The number of H-pyrrole nitrogens is 1. The minimum atomic E-state index is 0.388. The fourth-order valence-electron chi connectivity index (χ4n) is 16.2. The summed E-state index contributed by atoms with van der Waals surface area (Å²) in [7, 11) is 0. The summed E-state index contributed by atoms with van der Waals surface area (Å²) in [6.45, 7) is 38.2. The molecule has 6 aromatic carbocycles. The van der Waals surface area contributed by atoms with Crippen molar-refractivity contribution in [1.82, 2.24) is 73.3 Å². The molecule has 10 aromatic heterocycles. The number of nitrogens with zero attached hydrogens (tertiary/aromatic N) is 15. The Hall–Kier alpha value is -13.0. The van der Waals surface area contributed by atoms with Crippen molar-refractivity contribution < 1.29 is 0 Å². The number of para-hydroxylation sites is 1. The molecule has 0 amide bonds. The Labute approximate surface area is 744 Å². The first-order valence-corrected chi connectivity index (χ1v) is 45.5. The first kappa shape index (κ1) is 99.1. The summed E-state index contributed by atoms with van der Waals surface area (Å²) in [5.74, 6) is 2.27. The molecule has 4 unspecified atom stereocenters. The maximum Gasteiger partial charge on any atom is 0.146 e. The smallest absolute Gasteiger partial charge is 0.146 e. The van der Waals surface area contributed by atoms with Gasteiger partial charge in [0.1, 0.15) is 71.2 Å². The Balaban J connectivity index is 0.000000203. The molecule has 1 aliphatic heterocycles. The van der Waals surface area contributed by atoms with Gasteiger partial charge in [-0.2, -0.15) is 5.10 Å². The summed E-state index contributed by atoms with van der Waals surface area (Å²) in [4.78, 5) is 42.5. The lowest BCUT2D eigenvalue weighted by Gasteiger charge is -2.26. The van der Waals surface area contributed by atoms with Crippen LogP contribution >= 0.6 is 0 Å². The number of aliphatic imine (C=N–C) groups is 1. The molecular formula is C105H138N20. The Morgan fingerprint density at radius 2 is 0.600 bits per heavy atom. The van der Waals surface area contributed by atoms with Crippen molar-refractivity contribution in [2.45, 2.75) is 239 Å². The number of nitrogens with one attached hydrogen (secondary N) is 1. The van der Waals surface area contributed by atoms with Crippen LogP contribution in [-0.2, 0) is 57.8 Å². The van der Waals surface area contributed by atoms with Crippen LogP contribution in [0.5, 0.6) is 0 Å². The highest BCUT2D eigenvalue weighted by molar-refractivity contribution is 6.01. The van der Waals surface area contributed by atoms with Crippen LogP contribution in [0.4, 0.5) is 29.0 Å². The summed E-state index contributed by atoms with van der Waals surface area (Å²) in [5, 5.41) is 10.2. The lowest BCUT2D eigenvalue weighted by molar-refractivity contribution is 0.452. The van der Waals surface area contributed by atoms with E-state index >= 15 is 0 Å². The number of hydrogen-bond acceptors (Lipinski definition) is 15. The summed E-state index contributed by atoms with van der Waals surface area (Å²) in [6.07, 6.45) is 38.1. The maximum atomic E-state index is 6.25. The minimum Gasteiger partial charge on any atom is -0.383 e. The van der Waals surface area contributed by atoms with Crippen molar-refractivity contribution in [3.05, 3.63) is 318 Å². The molecule has 4 aliphatic carbocycles. The number of anilines is 4. The second kappa shape index (κ2) is 53.2. The normalized spacial score (nSPS) is 14.5. The Bertz CT molecular complexity index is 5410. The quantitative estimate of drug-likeness (QED) is 0.107. The number of benzene rings is 6. The number of nitrogens with two attached hydrogens (primary N) is 4. The molecule has 16 aromatic rings. The Kier molecular flexibility index (Phi) is 42.2. The molecule has 0 saturated heterocycles. The molecule has 125 heavy (non-hydrogen) atoms. The van der Waals surface area contributed by atoms with Crippen molar-refractivity contribution in [2.75, 3.05) is 22.9 Å². The third kappa shape index (κ3) is 25.6. The number of rotatable bonds is 5. The van der Waals surface area contributed by atoms with Gasteiger partial charge >= 0.3 is 0 Å². The van der Waals surface area contributed by atoms with Gasteiger partial charge < -0.3 is 41.2 Å². The van der Waals surface area contributed by atoms with Crippen LogP contribution in [0.3, 0.4) is 0 Å². The first-order valence-electron chi connectivity index (χ1n) is 45.5. The molecule has 9 N–H and O–H groups in total. The highest BCUT2D eigenvalue weighted by Gasteiger charge is 2.28. The van der Waals surface area contributed by atoms with E-state index in [1.807, 2.05) is 166 Å². The van der Waals surface area contributed by atoms with Crippen molar-refractivity contribution in [2.24, 2.45) is 4.99 Å². The summed E-state index contributed by atoms with van der Waals surface area (Å²) in [6, 6.07) is 62.8. The highest BCUT2D eigenvalue weighted by atomic mass is 15.1. The summed E-state index contributed by atoms with van der Waals surface area (Å²) in [5.41, 5.74) is 48.0. The first-order chi connectivity index (χ1) is 61.5. The van der Waals surface area contributed by atoms with Crippen LogP contribution < -0.4 is 22.9 Å². The van der Waals surface area contributed by atoms with Crippen LogP contribution in [0.15, 0.2) is 256 Å². The molecule has 11 heterocycles. The van der Waals surface area contributed by atoms with Gasteiger partial charge in [0.2, 0.25) is 0 Å². The molecule has 21 rings (SSSR count). The molecule has 5 aliphatic rings.